The summed E-state index contributed by atoms with van der Waals surface area (Å²) in [6, 6.07) is 15.2. The first-order chi connectivity index (χ1) is 14.9. The second-order valence-corrected chi connectivity index (χ2v) is 8.05. The summed E-state index contributed by atoms with van der Waals surface area (Å²) >= 11 is 0. The molecule has 31 heavy (non-hydrogen) atoms. The minimum Gasteiger partial charge on any atom is -0.331 e. The number of benzene rings is 2. The number of fused-ring (bicyclic) bond motifs is 1. The second-order valence-electron chi connectivity index (χ2n) is 8.05. The Kier molecular flexibility index (Phi) is 4.46. The fraction of sp³-hybridized carbons (Fsp3) is 0.250. The number of aryl methyl sites for hydroxylation is 1. The Morgan fingerprint density at radius 3 is 2.55 bits per heavy atom. The predicted octanol–water partition coefficient (Wildman–Crippen LogP) is 2.82. The standard InChI is InChI=1S/C24H22N4O3/c1-14-25-21(22(27(14)2)15-6-4-3-5-7-15)16-8-9-18-17(12-16)13-28(24(18)31)19-10-11-20(29)26-23(19)30/h3-9,12,19H,10-11,13H2,1-2H3,(H,26,29,30). The maximum atomic E-state index is 13.0. The first kappa shape index (κ1) is 19.2. The number of imide groups is 1. The number of hydrogen-bond donors (Lipinski definition) is 1. The maximum Gasteiger partial charge on any atom is 0.255 e. The fourth-order valence-electron chi connectivity index (χ4n) is 4.46. The van der Waals surface area contributed by atoms with Gasteiger partial charge in [0.15, 0.2) is 0 Å². The molecule has 3 heterocycles. The average molecular weight is 414 g/mol. The van der Waals surface area contributed by atoms with Gasteiger partial charge in [-0.15, -0.1) is 0 Å². The second kappa shape index (κ2) is 7.19. The van der Waals surface area contributed by atoms with Gasteiger partial charge < -0.3 is 9.47 Å². The summed E-state index contributed by atoms with van der Waals surface area (Å²) in [6.07, 6.45) is 0.601. The molecule has 7 heteroatoms. The Bertz CT molecular complexity index is 1230. The summed E-state index contributed by atoms with van der Waals surface area (Å²) in [6.45, 7) is 2.32. The summed E-state index contributed by atoms with van der Waals surface area (Å²) in [5.41, 5.74) is 5.35. The molecule has 7 nitrogen and oxygen atoms in total. The van der Waals surface area contributed by atoms with Crippen LogP contribution in [-0.2, 0) is 23.2 Å². The van der Waals surface area contributed by atoms with Gasteiger partial charge in [-0.05, 0) is 31.0 Å². The molecule has 1 saturated heterocycles. The van der Waals surface area contributed by atoms with Crippen LogP contribution in [0.4, 0.5) is 0 Å². The summed E-state index contributed by atoms with van der Waals surface area (Å²) < 4.78 is 2.07. The Balaban J connectivity index is 1.52. The van der Waals surface area contributed by atoms with Gasteiger partial charge in [0.1, 0.15) is 11.9 Å². The minimum absolute atomic E-state index is 0.170. The van der Waals surface area contributed by atoms with Crippen molar-refractivity contribution in [1.29, 1.82) is 0 Å². The maximum absolute atomic E-state index is 13.0. The fourth-order valence-corrected chi connectivity index (χ4v) is 4.46. The third kappa shape index (κ3) is 3.13. The van der Waals surface area contributed by atoms with Crippen LogP contribution >= 0.6 is 0 Å². The van der Waals surface area contributed by atoms with Crippen LogP contribution in [0.2, 0.25) is 0 Å². The first-order valence-electron chi connectivity index (χ1n) is 10.3. The minimum atomic E-state index is -0.613. The lowest BCUT2D eigenvalue weighted by molar-refractivity contribution is -0.136. The molecule has 2 aliphatic heterocycles. The lowest BCUT2D eigenvalue weighted by Crippen LogP contribution is -2.52. The van der Waals surface area contributed by atoms with Crippen LogP contribution in [0.5, 0.6) is 0 Å². The van der Waals surface area contributed by atoms with E-state index in [-0.39, 0.29) is 18.2 Å². The van der Waals surface area contributed by atoms with Crippen LogP contribution in [0.25, 0.3) is 22.5 Å². The number of amides is 3. The van der Waals surface area contributed by atoms with E-state index in [9.17, 15) is 14.4 Å². The normalized spacial score (nSPS) is 18.3. The summed E-state index contributed by atoms with van der Waals surface area (Å²) in [5.74, 6) is 0.0446. The monoisotopic (exact) mass is 414 g/mol. The number of nitrogens with zero attached hydrogens (tertiary/aromatic N) is 3. The summed E-state index contributed by atoms with van der Waals surface area (Å²) in [5, 5.41) is 2.34. The van der Waals surface area contributed by atoms with E-state index >= 15 is 0 Å². The predicted molar refractivity (Wildman–Crippen MR) is 115 cm³/mol. The zero-order valence-electron chi connectivity index (χ0n) is 17.4. The Morgan fingerprint density at radius 2 is 1.81 bits per heavy atom. The van der Waals surface area contributed by atoms with E-state index in [1.54, 1.807) is 4.90 Å². The van der Waals surface area contributed by atoms with Gasteiger partial charge in [0.05, 0.1) is 11.4 Å². The highest BCUT2D eigenvalue weighted by Gasteiger charge is 2.39. The highest BCUT2D eigenvalue weighted by atomic mass is 16.2. The van der Waals surface area contributed by atoms with Crippen molar-refractivity contribution in [3.63, 3.8) is 0 Å². The van der Waals surface area contributed by atoms with E-state index in [1.165, 1.54) is 0 Å². The average Bonchev–Trinajstić information content (AvgIpc) is 3.25. The molecule has 1 atom stereocenters. The first-order valence-corrected chi connectivity index (χ1v) is 10.3. The van der Waals surface area contributed by atoms with Crippen molar-refractivity contribution < 1.29 is 14.4 Å². The van der Waals surface area contributed by atoms with E-state index < -0.39 is 11.9 Å². The lowest BCUT2D eigenvalue weighted by Gasteiger charge is -2.29. The quantitative estimate of drug-likeness (QED) is 0.668. The molecule has 2 aliphatic rings. The molecule has 0 bridgehead atoms. The van der Waals surface area contributed by atoms with Gasteiger partial charge in [-0.2, -0.15) is 0 Å². The number of rotatable bonds is 3. The molecule has 0 spiro atoms. The third-order valence-corrected chi connectivity index (χ3v) is 6.16. The molecule has 1 fully saturated rings. The number of carbonyl (C=O) groups excluding carboxylic acids is 3. The van der Waals surface area contributed by atoms with Crippen LogP contribution in [-0.4, -0.2) is 38.2 Å². The van der Waals surface area contributed by atoms with Crippen LogP contribution < -0.4 is 5.32 Å². The van der Waals surface area contributed by atoms with Crippen molar-refractivity contribution in [1.82, 2.24) is 19.8 Å². The molecule has 2 aromatic carbocycles. The van der Waals surface area contributed by atoms with Crippen molar-refractivity contribution >= 4 is 17.7 Å². The zero-order chi connectivity index (χ0) is 21.7. The van der Waals surface area contributed by atoms with Crippen LogP contribution in [0.3, 0.4) is 0 Å². The van der Waals surface area contributed by atoms with Crippen LogP contribution in [0, 0.1) is 6.92 Å². The molecule has 5 rings (SSSR count). The zero-order valence-corrected chi connectivity index (χ0v) is 17.4. The smallest absolute Gasteiger partial charge is 0.255 e. The highest BCUT2D eigenvalue weighted by Crippen LogP contribution is 2.35. The number of aromatic nitrogens is 2. The van der Waals surface area contributed by atoms with Gasteiger partial charge in [-0.1, -0.05) is 36.4 Å². The van der Waals surface area contributed by atoms with Crippen molar-refractivity contribution in [3.8, 4) is 22.5 Å². The Hall–Kier alpha value is -3.74. The van der Waals surface area contributed by atoms with Gasteiger partial charge in [0.25, 0.3) is 5.91 Å². The van der Waals surface area contributed by atoms with Crippen molar-refractivity contribution in [2.24, 2.45) is 7.05 Å². The lowest BCUT2D eigenvalue weighted by atomic mass is 10.0. The van der Waals surface area contributed by atoms with Gasteiger partial charge in [0, 0.05) is 36.7 Å². The van der Waals surface area contributed by atoms with Gasteiger partial charge in [-0.3, -0.25) is 19.7 Å². The number of carbonyl (C=O) groups is 3. The molecule has 3 aromatic rings. The number of piperidine rings is 1. The van der Waals surface area contributed by atoms with Crippen LogP contribution in [0.15, 0.2) is 48.5 Å². The molecule has 1 unspecified atom stereocenters. The third-order valence-electron chi connectivity index (χ3n) is 6.16. The van der Waals surface area contributed by atoms with Crippen LogP contribution in [0.1, 0.15) is 34.6 Å². The molecule has 156 valence electrons. The van der Waals surface area contributed by atoms with E-state index in [4.69, 9.17) is 4.98 Å². The SMILES string of the molecule is Cc1nc(-c2ccc3c(c2)CN(C2CCC(=O)NC2=O)C3=O)c(-c2ccccc2)n1C. The Labute approximate surface area is 179 Å². The summed E-state index contributed by atoms with van der Waals surface area (Å²) in [4.78, 5) is 43.1. The Morgan fingerprint density at radius 1 is 1.03 bits per heavy atom. The molecular weight excluding hydrogens is 392 g/mol. The van der Waals surface area contributed by atoms with Crippen molar-refractivity contribution in [2.75, 3.05) is 0 Å². The summed E-state index contributed by atoms with van der Waals surface area (Å²) in [7, 11) is 2.00. The topological polar surface area (TPSA) is 84.3 Å². The molecule has 0 radical (unpaired) electrons. The van der Waals surface area contributed by atoms with E-state index in [2.05, 4.69) is 22.0 Å². The van der Waals surface area contributed by atoms with E-state index in [1.807, 2.05) is 50.4 Å². The van der Waals surface area contributed by atoms with Gasteiger partial charge in [0.2, 0.25) is 11.8 Å². The van der Waals surface area contributed by atoms with Gasteiger partial charge in [-0.25, -0.2) is 4.98 Å². The molecular formula is C24H22N4O3. The molecule has 3 amide bonds. The largest absolute Gasteiger partial charge is 0.331 e. The van der Waals surface area contributed by atoms with Crippen molar-refractivity contribution in [2.45, 2.75) is 32.4 Å². The molecule has 0 aliphatic carbocycles. The van der Waals surface area contributed by atoms with E-state index in [0.29, 0.717) is 18.5 Å². The van der Waals surface area contributed by atoms with E-state index in [0.717, 1.165) is 33.9 Å². The number of hydrogen-bond acceptors (Lipinski definition) is 4. The molecule has 1 aromatic heterocycles. The van der Waals surface area contributed by atoms with Gasteiger partial charge >= 0.3 is 0 Å². The van der Waals surface area contributed by atoms with Crippen molar-refractivity contribution in [3.05, 3.63) is 65.5 Å². The number of nitrogens with one attached hydrogen (secondary N) is 1. The molecule has 1 N–H and O–H groups in total. The number of imidazole rings is 1. The molecule has 0 saturated carbocycles. The highest BCUT2D eigenvalue weighted by molar-refractivity contribution is 6.05.